The summed E-state index contributed by atoms with van der Waals surface area (Å²) in [7, 11) is 0. The van der Waals surface area contributed by atoms with Gasteiger partial charge in [0, 0.05) is 18.4 Å². The summed E-state index contributed by atoms with van der Waals surface area (Å²) in [6.07, 6.45) is 0.809. The minimum atomic E-state index is -0.334. The van der Waals surface area contributed by atoms with Crippen molar-refractivity contribution in [2.24, 2.45) is 0 Å². The molecule has 0 saturated heterocycles. The van der Waals surface area contributed by atoms with E-state index in [1.807, 2.05) is 72.8 Å². The fourth-order valence-electron chi connectivity index (χ4n) is 2.77. The summed E-state index contributed by atoms with van der Waals surface area (Å²) in [6.45, 7) is 0. The molecule has 0 spiro atoms. The number of hydrogen-bond donors (Lipinski definition) is 0. The molecule has 0 atom stereocenters. The molecule has 26 heavy (non-hydrogen) atoms. The molecule has 3 nitrogen and oxygen atoms in total. The lowest BCUT2D eigenvalue weighted by atomic mass is 10.0. The second kappa shape index (κ2) is 8.77. The molecule has 0 heterocycles. The molecule has 0 N–H and O–H groups in total. The zero-order valence-electron chi connectivity index (χ0n) is 14.4. The number of hydrogen-bond acceptors (Lipinski definition) is 3. The maximum Gasteiger partial charge on any atom is 0.315 e. The second-order valence-electron chi connectivity index (χ2n) is 6.12. The molecule has 3 aromatic rings. The topological polar surface area (TPSA) is 43.4 Å². The van der Waals surface area contributed by atoms with Crippen LogP contribution in [0.3, 0.4) is 0 Å². The van der Waals surface area contributed by atoms with Crippen LogP contribution < -0.4 is 4.74 Å². The van der Waals surface area contributed by atoms with Gasteiger partial charge in [-0.3, -0.25) is 9.59 Å². The molecule has 130 valence electrons. The first-order chi connectivity index (χ1) is 12.7. The van der Waals surface area contributed by atoms with Crippen molar-refractivity contribution in [3.05, 3.63) is 102 Å². The lowest BCUT2D eigenvalue weighted by Gasteiger charge is -2.10. The van der Waals surface area contributed by atoms with Crippen molar-refractivity contribution < 1.29 is 14.3 Å². The van der Waals surface area contributed by atoms with Crippen LogP contribution in [-0.2, 0) is 28.9 Å². The van der Waals surface area contributed by atoms with Gasteiger partial charge in [0.2, 0.25) is 0 Å². The lowest BCUT2D eigenvalue weighted by molar-refractivity contribution is -0.133. The van der Waals surface area contributed by atoms with E-state index in [1.165, 1.54) is 0 Å². The number of rotatable bonds is 7. The Morgan fingerprint density at radius 1 is 0.615 bits per heavy atom. The number of esters is 1. The van der Waals surface area contributed by atoms with Crippen molar-refractivity contribution in [2.45, 2.75) is 19.3 Å². The Kier molecular flexibility index (Phi) is 5.94. The number of carbonyl (C=O) groups is 2. The van der Waals surface area contributed by atoms with E-state index in [1.54, 1.807) is 12.1 Å². The third-order valence-corrected chi connectivity index (χ3v) is 4.02. The van der Waals surface area contributed by atoms with Crippen LogP contribution in [0.2, 0.25) is 0 Å². The van der Waals surface area contributed by atoms with E-state index in [2.05, 4.69) is 0 Å². The number of para-hydroxylation sites is 1. The Morgan fingerprint density at radius 2 is 1.15 bits per heavy atom. The number of carbonyl (C=O) groups excluding carboxylic acids is 2. The maximum atomic E-state index is 12.4. The molecule has 0 aliphatic carbocycles. The van der Waals surface area contributed by atoms with Crippen LogP contribution >= 0.6 is 0 Å². The zero-order chi connectivity index (χ0) is 18.2. The smallest absolute Gasteiger partial charge is 0.315 e. The number of benzene rings is 3. The molecular formula is C23H20O3. The van der Waals surface area contributed by atoms with Crippen molar-refractivity contribution in [3.63, 3.8) is 0 Å². The summed E-state index contributed by atoms with van der Waals surface area (Å²) >= 11 is 0. The molecule has 3 heteroatoms. The highest BCUT2D eigenvalue weighted by Gasteiger charge is 2.13. The van der Waals surface area contributed by atoms with E-state index in [4.69, 9.17) is 4.74 Å². The molecule has 0 aliphatic heterocycles. The zero-order valence-corrected chi connectivity index (χ0v) is 14.4. The summed E-state index contributed by atoms with van der Waals surface area (Å²) in [6, 6.07) is 26.3. The van der Waals surface area contributed by atoms with Gasteiger partial charge in [0.1, 0.15) is 11.5 Å². The summed E-state index contributed by atoms with van der Waals surface area (Å²) in [5.74, 6) is 0.205. The normalized spacial score (nSPS) is 10.3. The Balaban J connectivity index is 1.64. The van der Waals surface area contributed by atoms with Gasteiger partial charge in [0.25, 0.3) is 0 Å². The van der Waals surface area contributed by atoms with Gasteiger partial charge in [0.15, 0.2) is 0 Å². The predicted molar refractivity (Wildman–Crippen MR) is 101 cm³/mol. The van der Waals surface area contributed by atoms with Crippen LogP contribution in [0.4, 0.5) is 0 Å². The van der Waals surface area contributed by atoms with E-state index in [9.17, 15) is 9.59 Å². The molecule has 0 aliphatic rings. The fraction of sp³-hybridized carbons (Fsp3) is 0.130. The first-order valence-corrected chi connectivity index (χ1v) is 8.59. The van der Waals surface area contributed by atoms with Crippen LogP contribution in [0.25, 0.3) is 0 Å². The number of ketones is 1. The van der Waals surface area contributed by atoms with Crippen LogP contribution in [0.5, 0.6) is 5.75 Å². The Hall–Kier alpha value is -3.20. The van der Waals surface area contributed by atoms with Crippen molar-refractivity contribution in [2.75, 3.05) is 0 Å². The minimum absolute atomic E-state index is 0.0859. The van der Waals surface area contributed by atoms with Crippen molar-refractivity contribution in [1.29, 1.82) is 0 Å². The largest absolute Gasteiger partial charge is 0.426 e. The third kappa shape index (κ3) is 5.15. The van der Waals surface area contributed by atoms with Gasteiger partial charge in [-0.05, 0) is 17.2 Å². The molecule has 0 saturated carbocycles. The average molecular weight is 344 g/mol. The number of ether oxygens (including phenoxy) is 1. The van der Waals surface area contributed by atoms with E-state index in [-0.39, 0.29) is 24.6 Å². The SMILES string of the molecule is O=C(Cc1ccccc1)Cc1ccccc1OC(=O)Cc1ccccc1. The third-order valence-electron chi connectivity index (χ3n) is 4.02. The Bertz CT molecular complexity index is 796. The Labute approximate surface area is 153 Å². The first kappa shape index (κ1) is 17.6. The van der Waals surface area contributed by atoms with Crippen molar-refractivity contribution in [3.8, 4) is 5.75 Å². The second-order valence-corrected chi connectivity index (χ2v) is 6.12. The van der Waals surface area contributed by atoms with E-state index < -0.39 is 0 Å². The van der Waals surface area contributed by atoms with Gasteiger partial charge >= 0.3 is 5.97 Å². The molecule has 0 bridgehead atoms. The highest BCUT2D eigenvalue weighted by Crippen LogP contribution is 2.20. The summed E-state index contributed by atoms with van der Waals surface area (Å²) in [5.41, 5.74) is 2.61. The highest BCUT2D eigenvalue weighted by molar-refractivity contribution is 5.84. The van der Waals surface area contributed by atoms with Gasteiger partial charge in [-0.1, -0.05) is 78.9 Å². The molecule has 0 unspecified atom stereocenters. The molecule has 0 amide bonds. The standard InChI is InChI=1S/C23H20O3/c24-21(15-18-9-3-1-4-10-18)17-20-13-7-8-14-22(20)26-23(25)16-19-11-5-2-6-12-19/h1-14H,15-17H2. The van der Waals surface area contributed by atoms with Crippen molar-refractivity contribution >= 4 is 11.8 Å². The quantitative estimate of drug-likeness (QED) is 0.477. The molecule has 3 rings (SSSR count). The van der Waals surface area contributed by atoms with Crippen LogP contribution in [0.1, 0.15) is 16.7 Å². The summed E-state index contributed by atoms with van der Waals surface area (Å²) < 4.78 is 5.51. The summed E-state index contributed by atoms with van der Waals surface area (Å²) in [5, 5.41) is 0. The average Bonchev–Trinajstić information content (AvgIpc) is 2.65. The minimum Gasteiger partial charge on any atom is -0.426 e. The molecular weight excluding hydrogens is 324 g/mol. The lowest BCUT2D eigenvalue weighted by Crippen LogP contribution is -2.14. The van der Waals surface area contributed by atoms with Crippen LogP contribution in [0.15, 0.2) is 84.9 Å². The predicted octanol–water partition coefficient (Wildman–Crippen LogP) is 4.19. The van der Waals surface area contributed by atoms with Gasteiger partial charge in [-0.2, -0.15) is 0 Å². The highest BCUT2D eigenvalue weighted by atomic mass is 16.5. The van der Waals surface area contributed by atoms with E-state index >= 15 is 0 Å². The van der Waals surface area contributed by atoms with Crippen LogP contribution in [-0.4, -0.2) is 11.8 Å². The van der Waals surface area contributed by atoms with Crippen LogP contribution in [0, 0.1) is 0 Å². The van der Waals surface area contributed by atoms with E-state index in [0.29, 0.717) is 12.2 Å². The van der Waals surface area contributed by atoms with Crippen molar-refractivity contribution in [1.82, 2.24) is 0 Å². The molecule has 3 aromatic carbocycles. The maximum absolute atomic E-state index is 12.4. The van der Waals surface area contributed by atoms with E-state index in [0.717, 1.165) is 16.7 Å². The first-order valence-electron chi connectivity index (χ1n) is 8.59. The van der Waals surface area contributed by atoms with Gasteiger partial charge < -0.3 is 4.74 Å². The number of Topliss-reactive ketones (excluding diaryl/α,β-unsaturated/α-hetero) is 1. The van der Waals surface area contributed by atoms with Gasteiger partial charge in [0.05, 0.1) is 6.42 Å². The molecule has 0 aromatic heterocycles. The van der Waals surface area contributed by atoms with Gasteiger partial charge in [-0.25, -0.2) is 0 Å². The molecule has 0 fully saturated rings. The fourth-order valence-corrected chi connectivity index (χ4v) is 2.77. The Morgan fingerprint density at radius 3 is 1.81 bits per heavy atom. The molecule has 0 radical (unpaired) electrons. The van der Waals surface area contributed by atoms with Gasteiger partial charge in [-0.15, -0.1) is 0 Å². The summed E-state index contributed by atoms with van der Waals surface area (Å²) in [4.78, 5) is 24.6. The monoisotopic (exact) mass is 344 g/mol.